The first-order chi connectivity index (χ1) is 19.2. The van der Waals surface area contributed by atoms with Gasteiger partial charge in [0, 0.05) is 49.4 Å². The highest BCUT2D eigenvalue weighted by atomic mass is 16.6. The lowest BCUT2D eigenvalue weighted by molar-refractivity contribution is -0.126. The second-order valence-electron chi connectivity index (χ2n) is 11.8. The number of anilines is 1. The number of carbonyl (C=O) groups is 2. The van der Waals surface area contributed by atoms with Crippen LogP contribution in [-0.4, -0.2) is 53.6 Å². The molecule has 3 aromatic carbocycles. The summed E-state index contributed by atoms with van der Waals surface area (Å²) in [6, 6.07) is 30.7. The largest absolute Gasteiger partial charge is 0.448 e. The lowest BCUT2D eigenvalue weighted by Crippen LogP contribution is -2.52. The molecule has 6 heteroatoms. The Bertz CT molecular complexity index is 1160. The number of nitrogens with zero attached hydrogens (tertiary/aromatic N) is 3. The molecule has 1 saturated heterocycles. The van der Waals surface area contributed by atoms with E-state index in [0.29, 0.717) is 19.7 Å². The van der Waals surface area contributed by atoms with Gasteiger partial charge in [-0.1, -0.05) is 99.6 Å². The average molecular weight is 542 g/mol. The molecule has 6 nitrogen and oxygen atoms in total. The van der Waals surface area contributed by atoms with Gasteiger partial charge in [0.2, 0.25) is 5.91 Å². The molecule has 1 fully saturated rings. The molecule has 0 spiro atoms. The lowest BCUT2D eigenvalue weighted by Gasteiger charge is -2.40. The molecule has 0 aliphatic carbocycles. The Morgan fingerprint density at radius 3 is 1.77 bits per heavy atom. The summed E-state index contributed by atoms with van der Waals surface area (Å²) in [6.45, 7) is 11.0. The van der Waals surface area contributed by atoms with Gasteiger partial charge < -0.3 is 14.5 Å². The highest BCUT2D eigenvalue weighted by Crippen LogP contribution is 2.29. The Morgan fingerprint density at radius 1 is 0.825 bits per heavy atom. The summed E-state index contributed by atoms with van der Waals surface area (Å²) < 4.78 is 5.85. The third-order valence-corrected chi connectivity index (χ3v) is 7.51. The fourth-order valence-electron chi connectivity index (χ4n) is 5.14. The van der Waals surface area contributed by atoms with Crippen molar-refractivity contribution in [2.45, 2.75) is 65.7 Å². The van der Waals surface area contributed by atoms with Crippen molar-refractivity contribution >= 4 is 17.7 Å². The van der Waals surface area contributed by atoms with Gasteiger partial charge in [-0.25, -0.2) is 4.79 Å². The summed E-state index contributed by atoms with van der Waals surface area (Å²) in [6.07, 6.45) is 1.16. The van der Waals surface area contributed by atoms with E-state index in [-0.39, 0.29) is 24.1 Å². The average Bonchev–Trinajstić information content (AvgIpc) is 2.97. The van der Waals surface area contributed by atoms with Crippen LogP contribution in [0.4, 0.5) is 10.5 Å². The minimum Gasteiger partial charge on any atom is -0.448 e. The molecule has 4 rings (SSSR count). The van der Waals surface area contributed by atoms with Crippen LogP contribution in [0.25, 0.3) is 0 Å². The van der Waals surface area contributed by atoms with E-state index in [1.165, 1.54) is 11.1 Å². The molecule has 0 bridgehead atoms. The molecule has 0 saturated carbocycles. The van der Waals surface area contributed by atoms with Crippen molar-refractivity contribution in [3.8, 4) is 0 Å². The van der Waals surface area contributed by atoms with Crippen LogP contribution in [0.15, 0.2) is 91.0 Å². The quantitative estimate of drug-likeness (QED) is 0.300. The smallest absolute Gasteiger partial charge is 0.409 e. The summed E-state index contributed by atoms with van der Waals surface area (Å²) in [5.41, 5.74) is 2.88. The van der Waals surface area contributed by atoms with Gasteiger partial charge in [-0.05, 0) is 43.0 Å². The number of piperidine rings is 1. The molecular weight excluding hydrogens is 498 g/mol. The fourth-order valence-corrected chi connectivity index (χ4v) is 5.14. The normalized spacial score (nSPS) is 15.1. The Balaban J connectivity index is 1.35. The Kier molecular flexibility index (Phi) is 9.99. The van der Waals surface area contributed by atoms with Crippen LogP contribution in [0.5, 0.6) is 0 Å². The third-order valence-electron chi connectivity index (χ3n) is 7.51. The molecule has 40 heavy (non-hydrogen) atoms. The third kappa shape index (κ3) is 7.95. The Labute approximate surface area is 239 Å². The Hall–Kier alpha value is -3.64. The molecular formula is C34H43N3O3. The highest BCUT2D eigenvalue weighted by molar-refractivity contribution is 5.97. The van der Waals surface area contributed by atoms with E-state index in [9.17, 15) is 9.59 Å². The lowest BCUT2D eigenvalue weighted by atomic mass is 9.91. The highest BCUT2D eigenvalue weighted by Gasteiger charge is 2.36. The summed E-state index contributed by atoms with van der Waals surface area (Å²) in [5, 5.41) is 0. The molecule has 1 heterocycles. The first kappa shape index (κ1) is 29.3. The molecule has 0 N–H and O–H groups in total. The predicted octanol–water partition coefficient (Wildman–Crippen LogP) is 6.76. The fraction of sp³-hybridized carbons (Fsp3) is 0.412. The van der Waals surface area contributed by atoms with E-state index in [0.717, 1.165) is 31.6 Å². The van der Waals surface area contributed by atoms with E-state index in [1.54, 1.807) is 4.90 Å². The second-order valence-corrected chi connectivity index (χ2v) is 11.8. The standard InChI is InChI=1S/C34H43N3O3/c1-27(36(24-28-14-8-5-9-15-28)25-29-16-10-6-11-17-29)26-40-33(39)35-22-20-31(21-23-35)37(32(38)34(2,3)4)30-18-12-7-13-19-30/h5-19,27,31H,20-26H2,1-4H3. The molecule has 1 aliphatic rings. The number of rotatable bonds is 9. The minimum absolute atomic E-state index is 0.0416. The van der Waals surface area contributed by atoms with Crippen LogP contribution in [0, 0.1) is 5.41 Å². The van der Waals surface area contributed by atoms with E-state index >= 15 is 0 Å². The number of amides is 2. The number of benzene rings is 3. The van der Waals surface area contributed by atoms with E-state index in [4.69, 9.17) is 4.74 Å². The van der Waals surface area contributed by atoms with Gasteiger partial charge >= 0.3 is 6.09 Å². The zero-order chi connectivity index (χ0) is 28.5. The van der Waals surface area contributed by atoms with Crippen molar-refractivity contribution in [3.63, 3.8) is 0 Å². The van der Waals surface area contributed by atoms with Crippen LogP contribution >= 0.6 is 0 Å². The minimum atomic E-state index is -0.493. The van der Waals surface area contributed by atoms with Crippen molar-refractivity contribution in [2.75, 3.05) is 24.6 Å². The van der Waals surface area contributed by atoms with Crippen LogP contribution < -0.4 is 4.90 Å². The summed E-state index contributed by atoms with van der Waals surface area (Å²) in [7, 11) is 0. The summed E-state index contributed by atoms with van der Waals surface area (Å²) in [5.74, 6) is 0.102. The maximum Gasteiger partial charge on any atom is 0.409 e. The zero-order valence-electron chi connectivity index (χ0n) is 24.3. The molecule has 1 unspecified atom stereocenters. The first-order valence-corrected chi connectivity index (χ1v) is 14.3. The first-order valence-electron chi connectivity index (χ1n) is 14.3. The topological polar surface area (TPSA) is 53.1 Å². The number of hydrogen-bond acceptors (Lipinski definition) is 4. The predicted molar refractivity (Wildman–Crippen MR) is 161 cm³/mol. The van der Waals surface area contributed by atoms with Crippen LogP contribution in [0.1, 0.15) is 51.7 Å². The molecule has 0 aromatic heterocycles. The summed E-state index contributed by atoms with van der Waals surface area (Å²) in [4.78, 5) is 32.6. The van der Waals surface area contributed by atoms with Gasteiger partial charge in [-0.2, -0.15) is 0 Å². The zero-order valence-corrected chi connectivity index (χ0v) is 24.3. The number of para-hydroxylation sites is 1. The monoisotopic (exact) mass is 541 g/mol. The second kappa shape index (κ2) is 13.6. The van der Waals surface area contributed by atoms with Gasteiger partial charge in [0.25, 0.3) is 0 Å². The van der Waals surface area contributed by atoms with Gasteiger partial charge in [0.1, 0.15) is 6.61 Å². The van der Waals surface area contributed by atoms with E-state index < -0.39 is 5.41 Å². The molecule has 0 radical (unpaired) electrons. The summed E-state index contributed by atoms with van der Waals surface area (Å²) >= 11 is 0. The van der Waals surface area contributed by atoms with Crippen molar-refractivity contribution in [3.05, 3.63) is 102 Å². The van der Waals surface area contributed by atoms with E-state index in [2.05, 4.69) is 60.4 Å². The molecule has 212 valence electrons. The van der Waals surface area contributed by atoms with Crippen molar-refractivity contribution in [2.24, 2.45) is 5.41 Å². The van der Waals surface area contributed by atoms with E-state index in [1.807, 2.05) is 68.1 Å². The Morgan fingerprint density at radius 2 is 1.30 bits per heavy atom. The van der Waals surface area contributed by atoms with Crippen LogP contribution in [-0.2, 0) is 22.6 Å². The van der Waals surface area contributed by atoms with Gasteiger partial charge in [-0.3, -0.25) is 9.69 Å². The van der Waals surface area contributed by atoms with Gasteiger partial charge in [-0.15, -0.1) is 0 Å². The number of carbonyl (C=O) groups excluding carboxylic acids is 2. The van der Waals surface area contributed by atoms with Gasteiger partial charge in [0.05, 0.1) is 0 Å². The van der Waals surface area contributed by atoms with Crippen molar-refractivity contribution in [1.82, 2.24) is 9.80 Å². The van der Waals surface area contributed by atoms with Gasteiger partial charge in [0.15, 0.2) is 0 Å². The molecule has 2 amide bonds. The van der Waals surface area contributed by atoms with Crippen molar-refractivity contribution < 1.29 is 14.3 Å². The molecule has 1 aliphatic heterocycles. The molecule has 1 atom stereocenters. The maximum atomic E-state index is 13.4. The van der Waals surface area contributed by atoms with Crippen LogP contribution in [0.2, 0.25) is 0 Å². The number of ether oxygens (including phenoxy) is 1. The maximum absolute atomic E-state index is 13.4. The number of likely N-dealkylation sites (tertiary alicyclic amines) is 1. The SMILES string of the molecule is CC(COC(=O)N1CCC(N(C(=O)C(C)(C)C)c2ccccc2)CC1)N(Cc1ccccc1)Cc1ccccc1. The van der Waals surface area contributed by atoms with Crippen LogP contribution in [0.3, 0.4) is 0 Å². The van der Waals surface area contributed by atoms with Crippen molar-refractivity contribution in [1.29, 1.82) is 0 Å². The molecule has 3 aromatic rings. The number of hydrogen-bond donors (Lipinski definition) is 0.